The number of hydrogen-bond acceptors (Lipinski definition) is 6. The zero-order valence-electron chi connectivity index (χ0n) is 16.0. The highest BCUT2D eigenvalue weighted by molar-refractivity contribution is 5.99. The number of aromatic nitrogens is 2. The summed E-state index contributed by atoms with van der Waals surface area (Å²) in [6.07, 6.45) is 1.92. The van der Waals surface area contributed by atoms with Crippen LogP contribution in [0, 0.1) is 12.8 Å². The van der Waals surface area contributed by atoms with Gasteiger partial charge in [-0.25, -0.2) is 0 Å². The molecule has 0 amide bonds. The summed E-state index contributed by atoms with van der Waals surface area (Å²) in [5.41, 5.74) is 1.75. The summed E-state index contributed by atoms with van der Waals surface area (Å²) < 4.78 is 10.9. The van der Waals surface area contributed by atoms with Crippen molar-refractivity contribution in [2.45, 2.75) is 46.1 Å². The Morgan fingerprint density at radius 3 is 2.85 bits per heavy atom. The van der Waals surface area contributed by atoms with Crippen LogP contribution in [0.25, 0.3) is 0 Å². The third kappa shape index (κ3) is 4.12. The molecule has 0 unspecified atom stereocenters. The van der Waals surface area contributed by atoms with Gasteiger partial charge in [0.15, 0.2) is 5.78 Å². The normalized spacial score (nSPS) is 18.3. The number of aryl methyl sites for hydroxylation is 1. The minimum absolute atomic E-state index is 0.00309. The van der Waals surface area contributed by atoms with Crippen molar-refractivity contribution in [3.63, 3.8) is 0 Å². The first-order valence-corrected chi connectivity index (χ1v) is 9.21. The lowest BCUT2D eigenvalue weighted by Crippen LogP contribution is -2.38. The molecular weight excluding hydrogens is 330 g/mol. The Balaban J connectivity index is 1.66. The van der Waals surface area contributed by atoms with Crippen LogP contribution in [-0.2, 0) is 6.54 Å². The van der Waals surface area contributed by atoms with Gasteiger partial charge in [-0.3, -0.25) is 9.69 Å². The second kappa shape index (κ2) is 7.99. The van der Waals surface area contributed by atoms with Gasteiger partial charge in [-0.1, -0.05) is 13.8 Å². The Morgan fingerprint density at radius 2 is 2.19 bits per heavy atom. The van der Waals surface area contributed by atoms with Crippen molar-refractivity contribution >= 4 is 5.78 Å². The van der Waals surface area contributed by atoms with Crippen molar-refractivity contribution in [1.82, 2.24) is 15.1 Å². The van der Waals surface area contributed by atoms with E-state index in [0.29, 0.717) is 18.3 Å². The van der Waals surface area contributed by atoms with Gasteiger partial charge in [0.05, 0.1) is 13.7 Å². The van der Waals surface area contributed by atoms with Crippen LogP contribution in [0.3, 0.4) is 0 Å². The summed E-state index contributed by atoms with van der Waals surface area (Å²) in [5.74, 6) is 2.51. The number of nitrogens with zero attached hydrogens (tertiary/aromatic N) is 3. The number of methoxy groups -OCH3 is 1. The molecule has 2 aromatic rings. The van der Waals surface area contributed by atoms with E-state index in [1.807, 2.05) is 39.0 Å². The molecular formula is C20H27N3O3. The fourth-order valence-corrected chi connectivity index (χ4v) is 3.43. The maximum atomic E-state index is 13.0. The predicted molar refractivity (Wildman–Crippen MR) is 98.4 cm³/mol. The zero-order valence-corrected chi connectivity index (χ0v) is 16.0. The van der Waals surface area contributed by atoms with Crippen LogP contribution in [0.1, 0.15) is 60.3 Å². The molecule has 1 aromatic carbocycles. The average molecular weight is 357 g/mol. The first-order chi connectivity index (χ1) is 12.5. The number of carbonyl (C=O) groups is 1. The standard InChI is InChI=1S/C20H27N3O3/c1-13(2)20-22-21-18(26-20)12-23-9-5-6-15(11-23)19(24)17-8-7-16(25-4)10-14(17)3/h7-8,10,13,15H,5-6,9,11-12H2,1-4H3/t15-/m0/s1. The summed E-state index contributed by atoms with van der Waals surface area (Å²) in [4.78, 5) is 15.2. The van der Waals surface area contributed by atoms with Crippen LogP contribution >= 0.6 is 0 Å². The van der Waals surface area contributed by atoms with Gasteiger partial charge < -0.3 is 9.15 Å². The van der Waals surface area contributed by atoms with Gasteiger partial charge in [0, 0.05) is 23.9 Å². The van der Waals surface area contributed by atoms with Crippen molar-refractivity contribution in [1.29, 1.82) is 0 Å². The Bertz CT molecular complexity index is 769. The Morgan fingerprint density at radius 1 is 1.38 bits per heavy atom. The number of rotatable bonds is 6. The summed E-state index contributed by atoms with van der Waals surface area (Å²) in [6.45, 7) is 8.30. The third-order valence-electron chi connectivity index (χ3n) is 4.91. The Kier molecular flexibility index (Phi) is 5.71. The van der Waals surface area contributed by atoms with Crippen molar-refractivity contribution in [2.75, 3.05) is 20.2 Å². The van der Waals surface area contributed by atoms with Gasteiger partial charge in [0.1, 0.15) is 5.75 Å². The van der Waals surface area contributed by atoms with E-state index < -0.39 is 0 Å². The molecule has 1 aliphatic heterocycles. The van der Waals surface area contributed by atoms with E-state index in [2.05, 4.69) is 15.1 Å². The molecule has 0 aliphatic carbocycles. The highest BCUT2D eigenvalue weighted by atomic mass is 16.5. The van der Waals surface area contributed by atoms with Gasteiger partial charge >= 0.3 is 0 Å². The topological polar surface area (TPSA) is 68.5 Å². The molecule has 0 saturated carbocycles. The molecule has 1 saturated heterocycles. The molecule has 3 rings (SSSR count). The summed E-state index contributed by atoms with van der Waals surface area (Å²) >= 11 is 0. The quantitative estimate of drug-likeness (QED) is 0.736. The molecule has 1 aromatic heterocycles. The van der Waals surface area contributed by atoms with Crippen LogP contribution in [0.4, 0.5) is 0 Å². The smallest absolute Gasteiger partial charge is 0.230 e. The molecule has 26 heavy (non-hydrogen) atoms. The molecule has 0 spiro atoms. The Hall–Kier alpha value is -2.21. The summed E-state index contributed by atoms with van der Waals surface area (Å²) in [5, 5.41) is 8.22. The van der Waals surface area contributed by atoms with Gasteiger partial charge in [-0.2, -0.15) is 0 Å². The van der Waals surface area contributed by atoms with Crippen LogP contribution in [-0.4, -0.2) is 41.1 Å². The van der Waals surface area contributed by atoms with Gasteiger partial charge in [-0.15, -0.1) is 10.2 Å². The molecule has 1 aliphatic rings. The number of Topliss-reactive ketones (excluding diaryl/α,β-unsaturated/α-hetero) is 1. The lowest BCUT2D eigenvalue weighted by molar-refractivity contribution is 0.0799. The summed E-state index contributed by atoms with van der Waals surface area (Å²) in [7, 11) is 1.64. The number of hydrogen-bond donors (Lipinski definition) is 0. The highest BCUT2D eigenvalue weighted by Crippen LogP contribution is 2.25. The second-order valence-corrected chi connectivity index (χ2v) is 7.31. The largest absolute Gasteiger partial charge is 0.497 e. The SMILES string of the molecule is COc1ccc(C(=O)[C@H]2CCCN(Cc3nnc(C(C)C)o3)C2)c(C)c1. The van der Waals surface area contributed by atoms with Crippen molar-refractivity contribution in [3.8, 4) is 5.75 Å². The molecule has 0 bridgehead atoms. The highest BCUT2D eigenvalue weighted by Gasteiger charge is 2.28. The third-order valence-corrected chi connectivity index (χ3v) is 4.91. The first-order valence-electron chi connectivity index (χ1n) is 9.21. The van der Waals surface area contributed by atoms with E-state index in [1.54, 1.807) is 7.11 Å². The summed E-state index contributed by atoms with van der Waals surface area (Å²) in [6, 6.07) is 5.65. The number of benzene rings is 1. The maximum Gasteiger partial charge on any atom is 0.230 e. The number of piperidine rings is 1. The van der Waals surface area contributed by atoms with E-state index in [1.165, 1.54) is 0 Å². The molecule has 140 valence electrons. The fraction of sp³-hybridized carbons (Fsp3) is 0.550. The molecule has 0 radical (unpaired) electrons. The fourth-order valence-electron chi connectivity index (χ4n) is 3.43. The maximum absolute atomic E-state index is 13.0. The van der Waals surface area contributed by atoms with Crippen LogP contribution in [0.5, 0.6) is 5.75 Å². The van der Waals surface area contributed by atoms with Crippen LogP contribution < -0.4 is 4.74 Å². The lowest BCUT2D eigenvalue weighted by atomic mass is 9.88. The van der Waals surface area contributed by atoms with E-state index in [0.717, 1.165) is 42.8 Å². The molecule has 0 N–H and O–H groups in total. The number of carbonyl (C=O) groups excluding carboxylic acids is 1. The van der Waals surface area contributed by atoms with Crippen molar-refractivity contribution in [3.05, 3.63) is 41.1 Å². The second-order valence-electron chi connectivity index (χ2n) is 7.31. The molecule has 1 fully saturated rings. The number of ketones is 1. The predicted octanol–water partition coefficient (Wildman–Crippen LogP) is 3.60. The minimum atomic E-state index is 0.00309. The van der Waals surface area contributed by atoms with Crippen molar-refractivity contribution < 1.29 is 13.9 Å². The number of ether oxygens (including phenoxy) is 1. The number of likely N-dealkylation sites (tertiary alicyclic amines) is 1. The molecule has 1 atom stereocenters. The van der Waals surface area contributed by atoms with Gasteiger partial charge in [0.25, 0.3) is 0 Å². The van der Waals surface area contributed by atoms with Crippen LogP contribution in [0.15, 0.2) is 22.6 Å². The molecule has 2 heterocycles. The zero-order chi connectivity index (χ0) is 18.7. The van der Waals surface area contributed by atoms with E-state index in [4.69, 9.17) is 9.15 Å². The molecule has 6 nitrogen and oxygen atoms in total. The monoisotopic (exact) mass is 357 g/mol. The molecule has 6 heteroatoms. The minimum Gasteiger partial charge on any atom is -0.497 e. The Labute approximate surface area is 154 Å². The van der Waals surface area contributed by atoms with E-state index in [9.17, 15) is 4.79 Å². The van der Waals surface area contributed by atoms with Crippen LogP contribution in [0.2, 0.25) is 0 Å². The van der Waals surface area contributed by atoms with Gasteiger partial charge in [-0.05, 0) is 50.1 Å². The van der Waals surface area contributed by atoms with E-state index in [-0.39, 0.29) is 17.6 Å². The first kappa shape index (κ1) is 18.6. The van der Waals surface area contributed by atoms with Crippen molar-refractivity contribution in [2.24, 2.45) is 5.92 Å². The van der Waals surface area contributed by atoms with E-state index >= 15 is 0 Å². The lowest BCUT2D eigenvalue weighted by Gasteiger charge is -2.31. The van der Waals surface area contributed by atoms with Gasteiger partial charge in [0.2, 0.25) is 11.8 Å². The average Bonchev–Trinajstić information content (AvgIpc) is 3.10.